The Balaban J connectivity index is 1.47. The van der Waals surface area contributed by atoms with Crippen LogP contribution < -0.4 is 0 Å². The number of carbonyl (C=O) groups excluding carboxylic acids is 1. The zero-order valence-corrected chi connectivity index (χ0v) is 16.8. The first kappa shape index (κ1) is 18.7. The van der Waals surface area contributed by atoms with Crippen LogP contribution in [0, 0.1) is 0 Å². The van der Waals surface area contributed by atoms with E-state index in [0.29, 0.717) is 19.1 Å². The number of piperidine rings is 1. The molecule has 0 aromatic carbocycles. The molecule has 146 valence electrons. The molecule has 27 heavy (non-hydrogen) atoms. The van der Waals surface area contributed by atoms with Crippen molar-refractivity contribution in [3.8, 4) is 0 Å². The normalized spacial score (nSPS) is 21.3. The third-order valence-corrected chi connectivity index (χ3v) is 6.41. The SMILES string of the molecule is COCCN1CCCn2nc(C3CCCN(Cc4cccs4)C3)cc2C1=O. The molecule has 0 bridgehead atoms. The van der Waals surface area contributed by atoms with Gasteiger partial charge in [-0.2, -0.15) is 5.10 Å². The van der Waals surface area contributed by atoms with Gasteiger partial charge in [0, 0.05) is 50.6 Å². The van der Waals surface area contributed by atoms with Crippen molar-refractivity contribution >= 4 is 17.2 Å². The van der Waals surface area contributed by atoms with Crippen LogP contribution in [0.3, 0.4) is 0 Å². The van der Waals surface area contributed by atoms with Crippen LogP contribution in [-0.2, 0) is 17.8 Å². The van der Waals surface area contributed by atoms with Gasteiger partial charge in [0.15, 0.2) is 0 Å². The molecule has 0 N–H and O–H groups in total. The number of rotatable bonds is 6. The number of aromatic nitrogens is 2. The molecule has 1 amide bonds. The van der Waals surface area contributed by atoms with Crippen LogP contribution >= 0.6 is 11.3 Å². The molecule has 6 nitrogen and oxygen atoms in total. The minimum atomic E-state index is 0.0922. The Bertz CT molecular complexity index is 758. The molecule has 2 aliphatic heterocycles. The summed E-state index contributed by atoms with van der Waals surface area (Å²) in [5, 5.41) is 6.99. The van der Waals surface area contributed by atoms with Crippen molar-refractivity contribution in [2.75, 3.05) is 39.9 Å². The Kier molecular flexibility index (Phi) is 5.90. The molecule has 4 heterocycles. The van der Waals surface area contributed by atoms with Gasteiger partial charge in [-0.05, 0) is 43.3 Å². The van der Waals surface area contributed by atoms with E-state index in [4.69, 9.17) is 9.84 Å². The van der Waals surface area contributed by atoms with Gasteiger partial charge in [0.2, 0.25) is 0 Å². The van der Waals surface area contributed by atoms with Gasteiger partial charge in [0.25, 0.3) is 5.91 Å². The molecule has 0 saturated carbocycles. The zero-order valence-electron chi connectivity index (χ0n) is 16.0. The molecule has 0 spiro atoms. The molecule has 7 heteroatoms. The van der Waals surface area contributed by atoms with Crippen LogP contribution in [0.4, 0.5) is 0 Å². The highest BCUT2D eigenvalue weighted by atomic mass is 32.1. The van der Waals surface area contributed by atoms with Gasteiger partial charge >= 0.3 is 0 Å². The smallest absolute Gasteiger partial charge is 0.272 e. The first-order valence-corrected chi connectivity index (χ1v) is 10.7. The summed E-state index contributed by atoms with van der Waals surface area (Å²) in [5.74, 6) is 0.507. The Labute approximate surface area is 164 Å². The molecule has 0 radical (unpaired) electrons. The van der Waals surface area contributed by atoms with E-state index >= 15 is 0 Å². The lowest BCUT2D eigenvalue weighted by molar-refractivity contribution is 0.0698. The van der Waals surface area contributed by atoms with Crippen molar-refractivity contribution in [1.29, 1.82) is 0 Å². The van der Waals surface area contributed by atoms with Crippen molar-refractivity contribution in [3.05, 3.63) is 39.8 Å². The number of amides is 1. The van der Waals surface area contributed by atoms with Crippen LogP contribution in [0.2, 0.25) is 0 Å². The van der Waals surface area contributed by atoms with Crippen molar-refractivity contribution in [3.63, 3.8) is 0 Å². The fraction of sp³-hybridized carbons (Fsp3) is 0.600. The van der Waals surface area contributed by atoms with Gasteiger partial charge in [-0.1, -0.05) is 6.07 Å². The van der Waals surface area contributed by atoms with Gasteiger partial charge in [0.1, 0.15) is 5.69 Å². The molecule has 2 aromatic rings. The number of thiophene rings is 1. The van der Waals surface area contributed by atoms with Gasteiger partial charge in [-0.3, -0.25) is 14.4 Å². The Morgan fingerprint density at radius 1 is 1.30 bits per heavy atom. The number of hydrogen-bond donors (Lipinski definition) is 0. The fourth-order valence-electron chi connectivity index (χ4n) is 4.13. The van der Waals surface area contributed by atoms with Crippen LogP contribution in [0.25, 0.3) is 0 Å². The molecule has 2 aromatic heterocycles. The molecular weight excluding hydrogens is 360 g/mol. The quantitative estimate of drug-likeness (QED) is 0.764. The summed E-state index contributed by atoms with van der Waals surface area (Å²) in [5.41, 5.74) is 1.83. The van der Waals surface area contributed by atoms with Crippen LogP contribution in [0.5, 0.6) is 0 Å². The van der Waals surface area contributed by atoms with Gasteiger partial charge in [-0.15, -0.1) is 11.3 Å². The van der Waals surface area contributed by atoms with Crippen LogP contribution in [-0.4, -0.2) is 65.4 Å². The van der Waals surface area contributed by atoms with Crippen LogP contribution in [0.1, 0.15) is 46.2 Å². The molecule has 1 atom stereocenters. The number of ether oxygens (including phenoxy) is 1. The lowest BCUT2D eigenvalue weighted by Gasteiger charge is -2.31. The average Bonchev–Trinajstić information content (AvgIpc) is 3.31. The summed E-state index contributed by atoms with van der Waals surface area (Å²) in [6.07, 6.45) is 3.28. The number of methoxy groups -OCH3 is 1. The fourth-order valence-corrected chi connectivity index (χ4v) is 4.88. The largest absolute Gasteiger partial charge is 0.383 e. The summed E-state index contributed by atoms with van der Waals surface area (Å²) in [7, 11) is 1.68. The van der Waals surface area contributed by atoms with E-state index in [2.05, 4.69) is 22.4 Å². The number of aryl methyl sites for hydroxylation is 1. The summed E-state index contributed by atoms with van der Waals surface area (Å²) in [6.45, 7) is 6.00. The molecule has 4 rings (SSSR count). The second kappa shape index (κ2) is 8.54. The van der Waals surface area contributed by atoms with Crippen molar-refractivity contribution in [2.45, 2.75) is 38.3 Å². The number of carbonyl (C=O) groups is 1. The maximum absolute atomic E-state index is 12.9. The molecule has 1 saturated heterocycles. The number of likely N-dealkylation sites (tertiary alicyclic amines) is 1. The Morgan fingerprint density at radius 3 is 3.04 bits per heavy atom. The molecular formula is C20H28N4O2S. The molecule has 1 fully saturated rings. The maximum atomic E-state index is 12.9. The lowest BCUT2D eigenvalue weighted by atomic mass is 9.94. The highest BCUT2D eigenvalue weighted by molar-refractivity contribution is 7.09. The summed E-state index contributed by atoms with van der Waals surface area (Å²) < 4.78 is 7.09. The van der Waals surface area contributed by atoms with Crippen molar-refractivity contribution in [2.24, 2.45) is 0 Å². The monoisotopic (exact) mass is 388 g/mol. The predicted molar refractivity (Wildman–Crippen MR) is 106 cm³/mol. The van der Waals surface area contributed by atoms with Gasteiger partial charge < -0.3 is 9.64 Å². The maximum Gasteiger partial charge on any atom is 0.272 e. The second-order valence-electron chi connectivity index (χ2n) is 7.47. The zero-order chi connectivity index (χ0) is 18.6. The Morgan fingerprint density at radius 2 is 2.22 bits per heavy atom. The summed E-state index contributed by atoms with van der Waals surface area (Å²) in [4.78, 5) is 18.8. The van der Waals surface area contributed by atoms with Gasteiger partial charge in [0.05, 0.1) is 12.3 Å². The lowest BCUT2D eigenvalue weighted by Crippen LogP contribution is -2.34. The van der Waals surface area contributed by atoms with E-state index in [1.807, 2.05) is 27.0 Å². The van der Waals surface area contributed by atoms with E-state index in [-0.39, 0.29) is 5.91 Å². The first-order valence-electron chi connectivity index (χ1n) is 9.85. The van der Waals surface area contributed by atoms with E-state index in [9.17, 15) is 4.79 Å². The third-order valence-electron chi connectivity index (χ3n) is 5.55. The molecule has 0 aliphatic carbocycles. The van der Waals surface area contributed by atoms with E-state index in [0.717, 1.165) is 57.0 Å². The first-order chi connectivity index (χ1) is 13.2. The minimum Gasteiger partial charge on any atom is -0.383 e. The van der Waals surface area contributed by atoms with E-state index in [1.54, 1.807) is 7.11 Å². The van der Waals surface area contributed by atoms with Crippen molar-refractivity contribution in [1.82, 2.24) is 19.6 Å². The topological polar surface area (TPSA) is 50.6 Å². The third kappa shape index (κ3) is 4.25. The van der Waals surface area contributed by atoms with E-state index < -0.39 is 0 Å². The standard InChI is InChI=1S/C20H28N4O2S/c1-26-11-10-23-8-4-9-24-19(20(23)25)13-18(21-24)16-5-2-7-22(14-16)15-17-6-3-12-27-17/h3,6,12-13,16H,2,4-5,7-11,14-15H2,1H3. The molecule has 1 unspecified atom stereocenters. The average molecular weight is 389 g/mol. The van der Waals surface area contributed by atoms with Crippen molar-refractivity contribution < 1.29 is 9.53 Å². The highest BCUT2D eigenvalue weighted by Crippen LogP contribution is 2.29. The molecule has 2 aliphatic rings. The second-order valence-corrected chi connectivity index (χ2v) is 8.50. The predicted octanol–water partition coefficient (Wildman–Crippen LogP) is 2.82. The van der Waals surface area contributed by atoms with Gasteiger partial charge in [-0.25, -0.2) is 0 Å². The summed E-state index contributed by atoms with van der Waals surface area (Å²) >= 11 is 1.82. The number of hydrogen-bond acceptors (Lipinski definition) is 5. The minimum absolute atomic E-state index is 0.0922. The number of fused-ring (bicyclic) bond motifs is 1. The van der Waals surface area contributed by atoms with Crippen LogP contribution in [0.15, 0.2) is 23.6 Å². The highest BCUT2D eigenvalue weighted by Gasteiger charge is 2.29. The summed E-state index contributed by atoms with van der Waals surface area (Å²) in [6, 6.07) is 6.38. The number of nitrogens with zero attached hydrogens (tertiary/aromatic N) is 4. The van der Waals surface area contributed by atoms with E-state index in [1.165, 1.54) is 11.3 Å². The Hall–Kier alpha value is -1.70.